The van der Waals surface area contributed by atoms with Gasteiger partial charge in [-0.15, -0.1) is 0 Å². The highest BCUT2D eigenvalue weighted by Gasteiger charge is 2.02. The largest absolute Gasteiger partial charge is 0.326 e. The number of hydrogen-bond donors (Lipinski definition) is 2. The number of halogens is 1. The van der Waals surface area contributed by atoms with Crippen LogP contribution in [0.15, 0.2) is 39.6 Å². The van der Waals surface area contributed by atoms with Crippen molar-refractivity contribution < 1.29 is 0 Å². The predicted octanol–water partition coefficient (Wildman–Crippen LogP) is 3.62. The zero-order chi connectivity index (χ0) is 13.7. The van der Waals surface area contributed by atoms with Crippen molar-refractivity contribution in [1.29, 1.82) is 0 Å². The lowest BCUT2D eigenvalue weighted by molar-refractivity contribution is 0.772. The van der Waals surface area contributed by atoms with Gasteiger partial charge in [0.25, 0.3) is 5.56 Å². The molecule has 0 bridgehead atoms. The van der Waals surface area contributed by atoms with Gasteiger partial charge < -0.3 is 5.32 Å². The third kappa shape index (κ3) is 4.21. The molecule has 0 spiro atoms. The number of nitrogens with zero attached hydrogens (tertiary/aromatic N) is 1. The minimum Gasteiger partial charge on any atom is -0.326 e. The second-order valence-corrected chi connectivity index (χ2v) is 5.24. The fraction of sp³-hybridized carbons (Fsp3) is 0.286. The number of anilines is 2. The van der Waals surface area contributed by atoms with E-state index < -0.39 is 0 Å². The average molecular weight is 322 g/mol. The highest BCUT2D eigenvalue weighted by atomic mass is 79.9. The summed E-state index contributed by atoms with van der Waals surface area (Å²) >= 11 is 3.41. The Bertz CT molecular complexity index is 610. The van der Waals surface area contributed by atoms with Gasteiger partial charge in [0.2, 0.25) is 5.95 Å². The van der Waals surface area contributed by atoms with Crippen molar-refractivity contribution in [2.75, 3.05) is 5.32 Å². The van der Waals surface area contributed by atoms with Crippen LogP contribution in [0.3, 0.4) is 0 Å². The number of unbranched alkanes of at least 4 members (excludes halogenated alkanes) is 1. The lowest BCUT2D eigenvalue weighted by Gasteiger charge is -2.07. The van der Waals surface area contributed by atoms with Gasteiger partial charge in [0, 0.05) is 21.9 Å². The summed E-state index contributed by atoms with van der Waals surface area (Å²) in [7, 11) is 0. The van der Waals surface area contributed by atoms with Crippen molar-refractivity contribution in [2.45, 2.75) is 26.2 Å². The lowest BCUT2D eigenvalue weighted by atomic mass is 10.2. The SMILES string of the molecule is CCCCc1cc(=O)[nH]c(Nc2cccc(Br)c2)n1. The molecule has 100 valence electrons. The van der Waals surface area contributed by atoms with E-state index in [1.54, 1.807) is 6.07 Å². The van der Waals surface area contributed by atoms with Gasteiger partial charge in [-0.25, -0.2) is 4.98 Å². The molecule has 2 rings (SSSR count). The Labute approximate surface area is 120 Å². The maximum absolute atomic E-state index is 11.6. The molecule has 4 nitrogen and oxygen atoms in total. The van der Waals surface area contributed by atoms with Crippen LogP contribution in [0.4, 0.5) is 11.6 Å². The zero-order valence-electron chi connectivity index (χ0n) is 10.7. The monoisotopic (exact) mass is 321 g/mol. The molecule has 0 radical (unpaired) electrons. The van der Waals surface area contributed by atoms with Crippen LogP contribution in [0.1, 0.15) is 25.5 Å². The summed E-state index contributed by atoms with van der Waals surface area (Å²) in [6.07, 6.45) is 2.95. The molecule has 1 aromatic carbocycles. The quantitative estimate of drug-likeness (QED) is 0.884. The Hall–Kier alpha value is -1.62. The first-order chi connectivity index (χ1) is 9.17. The minimum absolute atomic E-state index is 0.126. The first-order valence-electron chi connectivity index (χ1n) is 6.30. The van der Waals surface area contributed by atoms with E-state index in [1.807, 2.05) is 24.3 Å². The standard InChI is InChI=1S/C14H16BrN3O/c1-2-3-6-12-9-13(19)18-14(17-12)16-11-7-4-5-10(15)8-11/h4-5,7-9H,2-3,6H2,1H3,(H2,16,17,18,19). The third-order valence-electron chi connectivity index (χ3n) is 2.67. The van der Waals surface area contributed by atoms with Crippen LogP contribution in [0.2, 0.25) is 0 Å². The fourth-order valence-corrected chi connectivity index (χ4v) is 2.16. The van der Waals surface area contributed by atoms with Crippen molar-refractivity contribution in [3.8, 4) is 0 Å². The summed E-state index contributed by atoms with van der Waals surface area (Å²) in [5, 5.41) is 3.11. The third-order valence-corrected chi connectivity index (χ3v) is 3.16. The van der Waals surface area contributed by atoms with E-state index in [0.717, 1.165) is 35.1 Å². The van der Waals surface area contributed by atoms with Crippen LogP contribution in [0.5, 0.6) is 0 Å². The van der Waals surface area contributed by atoms with Gasteiger partial charge in [-0.05, 0) is 31.0 Å². The molecule has 1 aromatic heterocycles. The maximum atomic E-state index is 11.6. The molecule has 0 aliphatic heterocycles. The van der Waals surface area contributed by atoms with Crippen LogP contribution >= 0.6 is 15.9 Å². The highest BCUT2D eigenvalue weighted by Crippen LogP contribution is 2.18. The van der Waals surface area contributed by atoms with Crippen molar-refractivity contribution in [3.63, 3.8) is 0 Å². The molecule has 0 unspecified atom stereocenters. The lowest BCUT2D eigenvalue weighted by Crippen LogP contribution is -2.12. The molecule has 19 heavy (non-hydrogen) atoms. The van der Waals surface area contributed by atoms with E-state index >= 15 is 0 Å². The smallest absolute Gasteiger partial charge is 0.252 e. The predicted molar refractivity (Wildman–Crippen MR) is 80.9 cm³/mol. The van der Waals surface area contributed by atoms with E-state index in [2.05, 4.69) is 38.1 Å². The number of hydrogen-bond acceptors (Lipinski definition) is 3. The van der Waals surface area contributed by atoms with Crippen molar-refractivity contribution >= 4 is 27.6 Å². The molecule has 0 saturated carbocycles. The van der Waals surface area contributed by atoms with E-state index in [0.29, 0.717) is 5.95 Å². The molecule has 0 atom stereocenters. The minimum atomic E-state index is -0.126. The molecule has 2 N–H and O–H groups in total. The summed E-state index contributed by atoms with van der Waals surface area (Å²) in [5.41, 5.74) is 1.58. The highest BCUT2D eigenvalue weighted by molar-refractivity contribution is 9.10. The molecular weight excluding hydrogens is 306 g/mol. The fourth-order valence-electron chi connectivity index (χ4n) is 1.76. The topological polar surface area (TPSA) is 57.8 Å². The van der Waals surface area contributed by atoms with E-state index in [-0.39, 0.29) is 5.56 Å². The maximum Gasteiger partial charge on any atom is 0.252 e. The molecule has 0 aliphatic carbocycles. The number of aryl methyl sites for hydroxylation is 1. The Kier molecular flexibility index (Phi) is 4.74. The van der Waals surface area contributed by atoms with Crippen molar-refractivity contribution in [3.05, 3.63) is 50.9 Å². The first-order valence-corrected chi connectivity index (χ1v) is 7.09. The van der Waals surface area contributed by atoms with Gasteiger partial charge in [-0.2, -0.15) is 0 Å². The van der Waals surface area contributed by atoms with Gasteiger partial charge in [0.05, 0.1) is 0 Å². The molecule has 0 fully saturated rings. The number of aromatic nitrogens is 2. The number of H-pyrrole nitrogens is 1. The van der Waals surface area contributed by atoms with Gasteiger partial charge in [-0.3, -0.25) is 9.78 Å². The summed E-state index contributed by atoms with van der Waals surface area (Å²) < 4.78 is 0.974. The van der Waals surface area contributed by atoms with Gasteiger partial charge in [0.15, 0.2) is 0 Å². The number of aromatic amines is 1. The van der Waals surface area contributed by atoms with Crippen LogP contribution < -0.4 is 10.9 Å². The number of benzene rings is 1. The van der Waals surface area contributed by atoms with Crippen LogP contribution in [-0.4, -0.2) is 9.97 Å². The Morgan fingerprint density at radius 1 is 1.37 bits per heavy atom. The van der Waals surface area contributed by atoms with E-state index in [9.17, 15) is 4.79 Å². The number of rotatable bonds is 5. The Morgan fingerprint density at radius 2 is 2.21 bits per heavy atom. The molecule has 5 heteroatoms. The van der Waals surface area contributed by atoms with Gasteiger partial charge >= 0.3 is 0 Å². The average Bonchev–Trinajstić information content (AvgIpc) is 2.35. The molecule has 0 amide bonds. The summed E-state index contributed by atoms with van der Waals surface area (Å²) in [5.74, 6) is 0.483. The second kappa shape index (κ2) is 6.52. The summed E-state index contributed by atoms with van der Waals surface area (Å²) in [6, 6.07) is 9.27. The summed E-state index contributed by atoms with van der Waals surface area (Å²) in [6.45, 7) is 2.12. The van der Waals surface area contributed by atoms with Crippen molar-refractivity contribution in [2.24, 2.45) is 0 Å². The van der Waals surface area contributed by atoms with Gasteiger partial charge in [-0.1, -0.05) is 35.3 Å². The summed E-state index contributed by atoms with van der Waals surface area (Å²) in [4.78, 5) is 18.7. The molecule has 0 aliphatic rings. The first kappa shape index (κ1) is 13.8. The Morgan fingerprint density at radius 3 is 2.95 bits per heavy atom. The van der Waals surface area contributed by atoms with Crippen LogP contribution in [0, 0.1) is 0 Å². The van der Waals surface area contributed by atoms with E-state index in [1.165, 1.54) is 0 Å². The molecule has 2 aromatic rings. The van der Waals surface area contributed by atoms with Gasteiger partial charge in [0.1, 0.15) is 0 Å². The normalized spacial score (nSPS) is 10.4. The van der Waals surface area contributed by atoms with Crippen LogP contribution in [-0.2, 0) is 6.42 Å². The zero-order valence-corrected chi connectivity index (χ0v) is 12.3. The molecule has 1 heterocycles. The number of nitrogens with one attached hydrogen (secondary N) is 2. The van der Waals surface area contributed by atoms with E-state index in [4.69, 9.17) is 0 Å². The molecular formula is C14H16BrN3O. The van der Waals surface area contributed by atoms with Crippen molar-refractivity contribution in [1.82, 2.24) is 9.97 Å². The Balaban J connectivity index is 2.20. The second-order valence-electron chi connectivity index (χ2n) is 4.32. The molecule has 0 saturated heterocycles. The van der Waals surface area contributed by atoms with Crippen LogP contribution in [0.25, 0.3) is 0 Å².